The summed E-state index contributed by atoms with van der Waals surface area (Å²) in [4.78, 5) is 26.2. The van der Waals surface area contributed by atoms with Crippen LogP contribution in [0.4, 0.5) is 0 Å². The van der Waals surface area contributed by atoms with E-state index >= 15 is 0 Å². The molecule has 1 N–H and O–H groups in total. The van der Waals surface area contributed by atoms with E-state index in [2.05, 4.69) is 0 Å². The number of hydrogen-bond donors (Lipinski definition) is 1. The lowest BCUT2D eigenvalue weighted by Crippen LogP contribution is -2.53. The first kappa shape index (κ1) is 13.6. The summed E-state index contributed by atoms with van der Waals surface area (Å²) in [7, 11) is 0. The summed E-state index contributed by atoms with van der Waals surface area (Å²) in [5.74, 6) is 2.29. The van der Waals surface area contributed by atoms with Crippen molar-refractivity contribution < 1.29 is 14.7 Å². The van der Waals surface area contributed by atoms with E-state index < -0.39 is 5.97 Å². The SMILES string of the molecule is CC1C(C(=O)O)CCN1C(=O)C1C2CC3CC(C2)CC1C3. The molecule has 116 valence electrons. The summed E-state index contributed by atoms with van der Waals surface area (Å²) in [6.45, 7) is 2.56. The molecular weight excluding hydrogens is 266 g/mol. The van der Waals surface area contributed by atoms with Crippen molar-refractivity contribution in [2.75, 3.05) is 6.54 Å². The van der Waals surface area contributed by atoms with Crippen LogP contribution in [-0.2, 0) is 9.59 Å². The Labute approximate surface area is 125 Å². The van der Waals surface area contributed by atoms with Crippen LogP contribution in [0.15, 0.2) is 0 Å². The molecule has 5 aliphatic rings. The molecular formula is C17H25NO3. The molecule has 4 aliphatic carbocycles. The summed E-state index contributed by atoms with van der Waals surface area (Å²) in [5.41, 5.74) is 0. The lowest BCUT2D eigenvalue weighted by Gasteiger charge is -2.54. The Morgan fingerprint density at radius 3 is 2.05 bits per heavy atom. The molecule has 0 spiro atoms. The Morgan fingerprint density at radius 2 is 1.57 bits per heavy atom. The van der Waals surface area contributed by atoms with E-state index in [9.17, 15) is 14.7 Å². The number of carboxylic acid groups (broad SMARTS) is 1. The molecule has 1 amide bonds. The van der Waals surface area contributed by atoms with Gasteiger partial charge < -0.3 is 10.0 Å². The van der Waals surface area contributed by atoms with E-state index in [1.54, 1.807) is 0 Å². The maximum Gasteiger partial charge on any atom is 0.308 e. The van der Waals surface area contributed by atoms with Gasteiger partial charge in [0, 0.05) is 18.5 Å². The molecule has 1 aliphatic heterocycles. The predicted molar refractivity (Wildman–Crippen MR) is 77.5 cm³/mol. The topological polar surface area (TPSA) is 57.6 Å². The first-order valence-electron chi connectivity index (χ1n) is 8.58. The number of hydrogen-bond acceptors (Lipinski definition) is 2. The van der Waals surface area contributed by atoms with E-state index in [-0.39, 0.29) is 23.8 Å². The highest BCUT2D eigenvalue weighted by Gasteiger charge is 2.53. The first-order chi connectivity index (χ1) is 10.0. The number of rotatable bonds is 2. The number of carboxylic acids is 1. The molecule has 4 heteroatoms. The average molecular weight is 291 g/mol. The van der Waals surface area contributed by atoms with E-state index in [1.165, 1.54) is 32.1 Å². The number of carbonyl (C=O) groups is 2. The largest absolute Gasteiger partial charge is 0.481 e. The predicted octanol–water partition coefficient (Wildman–Crippen LogP) is 2.38. The van der Waals surface area contributed by atoms with Crippen LogP contribution in [0.5, 0.6) is 0 Å². The summed E-state index contributed by atoms with van der Waals surface area (Å²) >= 11 is 0. The maximum atomic E-state index is 13.0. The highest BCUT2D eigenvalue weighted by atomic mass is 16.4. The zero-order valence-corrected chi connectivity index (χ0v) is 12.7. The fourth-order valence-electron chi connectivity index (χ4n) is 6.10. The molecule has 1 saturated heterocycles. The van der Waals surface area contributed by atoms with Crippen molar-refractivity contribution in [3.63, 3.8) is 0 Å². The van der Waals surface area contributed by atoms with Crippen molar-refractivity contribution in [1.29, 1.82) is 0 Å². The van der Waals surface area contributed by atoms with Crippen LogP contribution in [0.1, 0.15) is 45.4 Å². The van der Waals surface area contributed by atoms with Gasteiger partial charge in [0.25, 0.3) is 0 Å². The Kier molecular flexibility index (Phi) is 3.05. The molecule has 5 fully saturated rings. The first-order valence-corrected chi connectivity index (χ1v) is 8.58. The van der Waals surface area contributed by atoms with Crippen LogP contribution < -0.4 is 0 Å². The highest BCUT2D eigenvalue weighted by molar-refractivity contribution is 5.82. The third kappa shape index (κ3) is 2.01. The summed E-state index contributed by atoms with van der Waals surface area (Å²) < 4.78 is 0. The van der Waals surface area contributed by atoms with Crippen LogP contribution in [0.2, 0.25) is 0 Å². The van der Waals surface area contributed by atoms with Crippen LogP contribution in [0, 0.1) is 35.5 Å². The molecule has 0 radical (unpaired) electrons. The van der Waals surface area contributed by atoms with Gasteiger partial charge in [0.2, 0.25) is 5.91 Å². The molecule has 0 aromatic heterocycles. The van der Waals surface area contributed by atoms with Gasteiger partial charge in [0.1, 0.15) is 0 Å². The van der Waals surface area contributed by atoms with Gasteiger partial charge in [-0.25, -0.2) is 0 Å². The van der Waals surface area contributed by atoms with Gasteiger partial charge in [0.15, 0.2) is 0 Å². The number of aliphatic carboxylic acids is 1. The second-order valence-electron chi connectivity index (χ2n) is 7.96. The van der Waals surface area contributed by atoms with Crippen LogP contribution in [0.3, 0.4) is 0 Å². The lowest BCUT2D eigenvalue weighted by atomic mass is 9.51. The minimum absolute atomic E-state index is 0.132. The molecule has 2 unspecified atom stereocenters. The molecule has 1 heterocycles. The summed E-state index contributed by atoms with van der Waals surface area (Å²) in [5, 5.41) is 9.26. The minimum atomic E-state index is -0.747. The Bertz CT molecular complexity index is 447. The Morgan fingerprint density at radius 1 is 1.00 bits per heavy atom. The van der Waals surface area contributed by atoms with Crippen LogP contribution in [0.25, 0.3) is 0 Å². The highest BCUT2D eigenvalue weighted by Crippen LogP contribution is 2.57. The van der Waals surface area contributed by atoms with Gasteiger partial charge in [-0.1, -0.05) is 0 Å². The Hall–Kier alpha value is -1.06. The van der Waals surface area contributed by atoms with Crippen molar-refractivity contribution >= 4 is 11.9 Å². The maximum absolute atomic E-state index is 13.0. The zero-order chi connectivity index (χ0) is 14.7. The van der Waals surface area contributed by atoms with Gasteiger partial charge in [-0.15, -0.1) is 0 Å². The van der Waals surface area contributed by atoms with Crippen molar-refractivity contribution in [1.82, 2.24) is 4.90 Å². The van der Waals surface area contributed by atoms with Crippen molar-refractivity contribution in [3.8, 4) is 0 Å². The van der Waals surface area contributed by atoms with E-state index in [0.29, 0.717) is 24.8 Å². The van der Waals surface area contributed by atoms with Crippen molar-refractivity contribution in [3.05, 3.63) is 0 Å². The third-order valence-electron chi connectivity index (χ3n) is 6.87. The lowest BCUT2D eigenvalue weighted by molar-refractivity contribution is -0.151. The molecule has 4 bridgehead atoms. The second-order valence-corrected chi connectivity index (χ2v) is 7.96. The molecule has 21 heavy (non-hydrogen) atoms. The fourth-order valence-corrected chi connectivity index (χ4v) is 6.10. The van der Waals surface area contributed by atoms with E-state index in [0.717, 1.165) is 11.8 Å². The van der Waals surface area contributed by atoms with Crippen molar-refractivity contribution in [2.45, 2.75) is 51.5 Å². The normalized spacial score (nSPS) is 47.9. The molecule has 0 aromatic rings. The molecule has 4 saturated carbocycles. The third-order valence-corrected chi connectivity index (χ3v) is 6.87. The number of likely N-dealkylation sites (tertiary alicyclic amines) is 1. The van der Waals surface area contributed by atoms with Crippen LogP contribution >= 0.6 is 0 Å². The van der Waals surface area contributed by atoms with Crippen molar-refractivity contribution in [2.24, 2.45) is 35.5 Å². The quantitative estimate of drug-likeness (QED) is 0.850. The smallest absolute Gasteiger partial charge is 0.308 e. The molecule has 0 aromatic carbocycles. The minimum Gasteiger partial charge on any atom is -0.481 e. The number of carbonyl (C=O) groups excluding carboxylic acids is 1. The fraction of sp³-hybridized carbons (Fsp3) is 0.882. The number of nitrogens with zero attached hydrogens (tertiary/aromatic N) is 1. The molecule has 4 nitrogen and oxygen atoms in total. The Balaban J connectivity index is 1.52. The number of amides is 1. The van der Waals surface area contributed by atoms with Gasteiger partial charge >= 0.3 is 5.97 Å². The average Bonchev–Trinajstić information content (AvgIpc) is 2.79. The van der Waals surface area contributed by atoms with Gasteiger partial charge in [-0.05, 0) is 69.1 Å². The zero-order valence-electron chi connectivity index (χ0n) is 12.7. The molecule has 2 atom stereocenters. The summed E-state index contributed by atoms with van der Waals surface area (Å²) in [6, 6.07) is -0.132. The van der Waals surface area contributed by atoms with Gasteiger partial charge in [0.05, 0.1) is 5.92 Å². The van der Waals surface area contributed by atoms with Gasteiger partial charge in [-0.3, -0.25) is 9.59 Å². The molecule has 5 rings (SSSR count). The standard InChI is InChI=1S/C17H25NO3/c1-9-14(17(20)21)2-3-18(9)16(19)15-12-5-10-4-11(7-12)8-13(15)6-10/h9-15H,2-8H2,1H3,(H,20,21). The van der Waals surface area contributed by atoms with Crippen LogP contribution in [-0.4, -0.2) is 34.5 Å². The van der Waals surface area contributed by atoms with Gasteiger partial charge in [-0.2, -0.15) is 0 Å². The second kappa shape index (κ2) is 4.72. The summed E-state index contributed by atoms with van der Waals surface area (Å²) in [6.07, 6.45) is 6.99. The van der Waals surface area contributed by atoms with E-state index in [1.807, 2.05) is 11.8 Å². The monoisotopic (exact) mass is 291 g/mol. The van der Waals surface area contributed by atoms with E-state index in [4.69, 9.17) is 0 Å².